The Morgan fingerprint density at radius 3 is 3.00 bits per heavy atom. The van der Waals surface area contributed by atoms with Crippen molar-refractivity contribution in [2.75, 3.05) is 0 Å². The minimum Gasteiger partial charge on any atom is -0.391 e. The number of rotatable bonds is 4. The quantitative estimate of drug-likeness (QED) is 0.820. The molecular weight excluding hydrogens is 272 g/mol. The van der Waals surface area contributed by atoms with Gasteiger partial charge in [-0.3, -0.25) is 9.48 Å². The zero-order valence-electron chi connectivity index (χ0n) is 12.0. The summed E-state index contributed by atoms with van der Waals surface area (Å²) in [6.45, 7) is 4.25. The molecule has 8 nitrogen and oxygen atoms in total. The van der Waals surface area contributed by atoms with Crippen molar-refractivity contribution in [2.24, 2.45) is 0 Å². The zero-order valence-corrected chi connectivity index (χ0v) is 12.0. The fraction of sp³-hybridized carbons (Fsp3) is 0.538. The normalized spacial score (nSPS) is 24.6. The zero-order chi connectivity index (χ0) is 15.0. The molecule has 1 saturated carbocycles. The predicted molar refractivity (Wildman–Crippen MR) is 73.6 cm³/mol. The molecule has 0 unspecified atom stereocenters. The number of amides is 1. The summed E-state index contributed by atoms with van der Waals surface area (Å²) < 4.78 is 3.25. The molecule has 8 heteroatoms. The van der Waals surface area contributed by atoms with Crippen molar-refractivity contribution in [1.82, 2.24) is 30.1 Å². The van der Waals surface area contributed by atoms with Crippen molar-refractivity contribution in [2.45, 2.75) is 45.0 Å². The first-order chi connectivity index (χ1) is 10.1. The Balaban J connectivity index is 1.75. The second-order valence-corrected chi connectivity index (χ2v) is 5.20. The number of aliphatic hydroxyl groups excluding tert-OH is 1. The molecular formula is C13H18N6O2. The first-order valence-corrected chi connectivity index (χ1v) is 7.00. The van der Waals surface area contributed by atoms with Crippen molar-refractivity contribution in [3.05, 3.63) is 29.8 Å². The fourth-order valence-corrected chi connectivity index (χ4v) is 2.71. The van der Waals surface area contributed by atoms with Crippen LogP contribution in [-0.4, -0.2) is 47.9 Å². The maximum Gasteiger partial charge on any atom is 0.271 e. The van der Waals surface area contributed by atoms with Gasteiger partial charge in [-0.25, -0.2) is 4.68 Å². The number of nitrogens with one attached hydrogen (secondary N) is 1. The van der Waals surface area contributed by atoms with Crippen LogP contribution in [0.25, 0.3) is 0 Å². The lowest BCUT2D eigenvalue weighted by atomic mass is 9.83. The summed E-state index contributed by atoms with van der Waals surface area (Å²) in [5.41, 5.74) is 1.07. The molecule has 0 radical (unpaired) electrons. The number of carbonyl (C=O) groups is 1. The molecule has 3 rings (SSSR count). The molecule has 0 bridgehead atoms. The van der Waals surface area contributed by atoms with Crippen LogP contribution in [-0.2, 0) is 6.54 Å². The van der Waals surface area contributed by atoms with E-state index in [1.807, 2.05) is 6.92 Å². The molecule has 1 amide bonds. The first-order valence-electron chi connectivity index (χ1n) is 7.00. The van der Waals surface area contributed by atoms with Gasteiger partial charge in [-0.1, -0.05) is 5.21 Å². The topological polar surface area (TPSA) is 97.9 Å². The van der Waals surface area contributed by atoms with E-state index < -0.39 is 6.10 Å². The van der Waals surface area contributed by atoms with Gasteiger partial charge in [0.15, 0.2) is 0 Å². The molecule has 21 heavy (non-hydrogen) atoms. The monoisotopic (exact) mass is 290 g/mol. The highest BCUT2D eigenvalue weighted by Crippen LogP contribution is 2.32. The maximum atomic E-state index is 12.4. The third kappa shape index (κ3) is 2.31. The van der Waals surface area contributed by atoms with Crippen LogP contribution >= 0.6 is 0 Å². The van der Waals surface area contributed by atoms with Gasteiger partial charge in [0, 0.05) is 18.9 Å². The Morgan fingerprint density at radius 2 is 2.38 bits per heavy atom. The highest BCUT2D eigenvalue weighted by atomic mass is 16.3. The van der Waals surface area contributed by atoms with Crippen LogP contribution in [0.5, 0.6) is 0 Å². The lowest BCUT2D eigenvalue weighted by Crippen LogP contribution is -2.56. The summed E-state index contributed by atoms with van der Waals surface area (Å²) in [5.74, 6) is -0.214. The average Bonchev–Trinajstić information content (AvgIpc) is 3.07. The van der Waals surface area contributed by atoms with E-state index in [2.05, 4.69) is 20.7 Å². The molecule has 3 atom stereocenters. The predicted octanol–water partition coefficient (Wildman–Crippen LogP) is -0.0928. The number of hydrogen-bond acceptors (Lipinski definition) is 5. The van der Waals surface area contributed by atoms with Crippen molar-refractivity contribution in [3.8, 4) is 0 Å². The van der Waals surface area contributed by atoms with Gasteiger partial charge < -0.3 is 10.4 Å². The van der Waals surface area contributed by atoms with E-state index in [-0.39, 0.29) is 18.0 Å². The van der Waals surface area contributed by atoms with Crippen LogP contribution in [0.4, 0.5) is 0 Å². The molecule has 2 aromatic heterocycles. The number of aryl methyl sites for hydroxylation is 2. The van der Waals surface area contributed by atoms with Gasteiger partial charge in [-0.15, -0.1) is 5.10 Å². The van der Waals surface area contributed by atoms with Gasteiger partial charge in [-0.05, 0) is 26.3 Å². The largest absolute Gasteiger partial charge is 0.391 e. The molecule has 2 heterocycles. The molecule has 0 spiro atoms. The van der Waals surface area contributed by atoms with E-state index in [1.54, 1.807) is 34.7 Å². The Kier molecular flexibility index (Phi) is 3.46. The molecule has 0 saturated heterocycles. The van der Waals surface area contributed by atoms with Crippen LogP contribution in [0.1, 0.15) is 35.6 Å². The summed E-state index contributed by atoms with van der Waals surface area (Å²) >= 11 is 0. The SMILES string of the molecule is CCn1nnc(C)c1C(=O)N[C@H]1C[C@@H](O)[C@@H]1n1cccn1. The van der Waals surface area contributed by atoms with Crippen molar-refractivity contribution >= 4 is 5.91 Å². The molecule has 2 N–H and O–H groups in total. The summed E-state index contributed by atoms with van der Waals surface area (Å²) in [6.07, 6.45) is 3.47. The van der Waals surface area contributed by atoms with Crippen LogP contribution in [0.15, 0.2) is 18.5 Å². The van der Waals surface area contributed by atoms with E-state index >= 15 is 0 Å². The molecule has 0 aromatic carbocycles. The standard InChI is InChI=1S/C13H18N6O2/c1-3-18-11(8(2)16-17-18)13(21)15-9-7-10(20)12(9)19-6-4-5-14-19/h4-6,9-10,12,20H,3,7H2,1-2H3,(H,15,21)/t9-,10+,12+/m0/s1. The first kappa shape index (κ1) is 13.7. The number of aromatic nitrogens is 5. The summed E-state index contributed by atoms with van der Waals surface area (Å²) in [4.78, 5) is 12.4. The summed E-state index contributed by atoms with van der Waals surface area (Å²) in [6, 6.07) is 1.42. The van der Waals surface area contributed by atoms with Gasteiger partial charge in [-0.2, -0.15) is 5.10 Å². The van der Waals surface area contributed by atoms with Crippen molar-refractivity contribution in [3.63, 3.8) is 0 Å². The maximum absolute atomic E-state index is 12.4. The lowest BCUT2D eigenvalue weighted by Gasteiger charge is -2.41. The average molecular weight is 290 g/mol. The third-order valence-corrected chi connectivity index (χ3v) is 3.87. The molecule has 1 aliphatic carbocycles. The molecule has 1 aliphatic rings. The number of carbonyl (C=O) groups excluding carboxylic acids is 1. The Bertz CT molecular complexity index is 635. The Hall–Kier alpha value is -2.22. The minimum atomic E-state index is -0.495. The van der Waals surface area contributed by atoms with Gasteiger partial charge >= 0.3 is 0 Å². The van der Waals surface area contributed by atoms with Gasteiger partial charge in [0.1, 0.15) is 5.69 Å². The van der Waals surface area contributed by atoms with Crippen molar-refractivity contribution in [1.29, 1.82) is 0 Å². The van der Waals surface area contributed by atoms with E-state index in [1.165, 1.54) is 0 Å². The number of hydrogen-bond donors (Lipinski definition) is 2. The second kappa shape index (κ2) is 5.28. The molecule has 1 fully saturated rings. The van der Waals surface area contributed by atoms with Crippen molar-refractivity contribution < 1.29 is 9.90 Å². The summed E-state index contributed by atoms with van der Waals surface area (Å²) in [5, 5.41) is 24.8. The highest BCUT2D eigenvalue weighted by molar-refractivity contribution is 5.93. The van der Waals surface area contributed by atoms with Crippen LogP contribution < -0.4 is 5.32 Å². The van der Waals surface area contributed by atoms with Gasteiger partial charge in [0.2, 0.25) is 0 Å². The Labute approximate surface area is 121 Å². The van der Waals surface area contributed by atoms with Gasteiger partial charge in [0.05, 0.1) is 23.9 Å². The van der Waals surface area contributed by atoms with Crippen LogP contribution in [0.3, 0.4) is 0 Å². The Morgan fingerprint density at radius 1 is 1.57 bits per heavy atom. The molecule has 112 valence electrons. The highest BCUT2D eigenvalue weighted by Gasteiger charge is 2.43. The van der Waals surface area contributed by atoms with E-state index in [0.717, 1.165) is 0 Å². The summed E-state index contributed by atoms with van der Waals surface area (Å²) in [7, 11) is 0. The van der Waals surface area contributed by atoms with E-state index in [0.29, 0.717) is 24.4 Å². The minimum absolute atomic E-state index is 0.146. The van der Waals surface area contributed by atoms with E-state index in [4.69, 9.17) is 0 Å². The second-order valence-electron chi connectivity index (χ2n) is 5.20. The smallest absolute Gasteiger partial charge is 0.271 e. The van der Waals surface area contributed by atoms with Crippen LogP contribution in [0, 0.1) is 6.92 Å². The van der Waals surface area contributed by atoms with E-state index in [9.17, 15) is 9.90 Å². The lowest BCUT2D eigenvalue weighted by molar-refractivity contribution is -0.00602. The number of nitrogens with zero attached hydrogens (tertiary/aromatic N) is 5. The third-order valence-electron chi connectivity index (χ3n) is 3.87. The molecule has 2 aromatic rings. The van der Waals surface area contributed by atoms with Gasteiger partial charge in [0.25, 0.3) is 5.91 Å². The van der Waals surface area contributed by atoms with Crippen LogP contribution in [0.2, 0.25) is 0 Å². The number of aliphatic hydroxyl groups is 1. The fourth-order valence-electron chi connectivity index (χ4n) is 2.71. The molecule has 0 aliphatic heterocycles.